The molecule has 5 nitrogen and oxygen atoms in total. The van der Waals surface area contributed by atoms with E-state index in [0.29, 0.717) is 0 Å². The number of hydrogen-bond donors (Lipinski definition) is 2. The van der Waals surface area contributed by atoms with Gasteiger partial charge in [0.2, 0.25) is 10.0 Å². The molecule has 0 fully saturated rings. The first-order chi connectivity index (χ1) is 8.49. The van der Waals surface area contributed by atoms with Gasteiger partial charge in [0.15, 0.2) is 0 Å². The highest BCUT2D eigenvalue weighted by atomic mass is 32.2. The third kappa shape index (κ3) is 2.84. The van der Waals surface area contributed by atoms with E-state index < -0.39 is 15.8 Å². The summed E-state index contributed by atoms with van der Waals surface area (Å²) in [6.07, 6.45) is 1.57. The van der Waals surface area contributed by atoms with Crippen LogP contribution in [-0.4, -0.2) is 13.4 Å². The Bertz CT molecular complexity index is 641. The fourth-order valence-corrected chi connectivity index (χ4v) is 2.90. The van der Waals surface area contributed by atoms with Gasteiger partial charge in [-0.3, -0.25) is 4.98 Å². The molecule has 0 spiro atoms. The molecule has 0 aliphatic heterocycles. The van der Waals surface area contributed by atoms with Crippen LogP contribution in [-0.2, 0) is 16.6 Å². The van der Waals surface area contributed by atoms with Gasteiger partial charge in [0.25, 0.3) is 0 Å². The van der Waals surface area contributed by atoms with Gasteiger partial charge in [-0.2, -0.15) is 0 Å². The minimum absolute atomic E-state index is 0.0867. The van der Waals surface area contributed by atoms with E-state index in [0.717, 1.165) is 10.9 Å². The summed E-state index contributed by atoms with van der Waals surface area (Å²) in [6, 6.07) is 3.37. The summed E-state index contributed by atoms with van der Waals surface area (Å²) in [7, 11) is -3.74. The molecule has 0 bridgehead atoms. The van der Waals surface area contributed by atoms with Crippen molar-refractivity contribution in [3.8, 4) is 0 Å². The molecule has 3 N–H and O–H groups in total. The number of anilines is 1. The number of nitrogens with one attached hydrogen (secondary N) is 1. The van der Waals surface area contributed by atoms with E-state index in [9.17, 15) is 12.8 Å². The third-order valence-electron chi connectivity index (χ3n) is 2.20. The number of halogens is 1. The fourth-order valence-electron chi connectivity index (χ4n) is 1.25. The van der Waals surface area contributed by atoms with Gasteiger partial charge in [0.1, 0.15) is 5.82 Å². The van der Waals surface area contributed by atoms with Gasteiger partial charge in [0.05, 0.1) is 16.1 Å². The van der Waals surface area contributed by atoms with Gasteiger partial charge >= 0.3 is 0 Å². The highest BCUT2D eigenvalue weighted by molar-refractivity contribution is 7.89. The normalized spacial score (nSPS) is 11.6. The Morgan fingerprint density at radius 1 is 1.44 bits per heavy atom. The first-order valence-corrected chi connectivity index (χ1v) is 7.27. The monoisotopic (exact) mass is 287 g/mol. The summed E-state index contributed by atoms with van der Waals surface area (Å²) in [5, 5.41) is 0. The quantitative estimate of drug-likeness (QED) is 0.831. The molecule has 96 valence electrons. The molecule has 1 heterocycles. The molecular formula is C10H10FN3O2S2. The van der Waals surface area contributed by atoms with Crippen molar-refractivity contribution in [2.45, 2.75) is 11.4 Å². The largest absolute Gasteiger partial charge is 0.396 e. The molecule has 2 aromatic rings. The molecule has 0 atom stereocenters. The molecule has 0 aliphatic carbocycles. The number of nitrogens with zero attached hydrogens (tertiary/aromatic N) is 1. The van der Waals surface area contributed by atoms with Crippen molar-refractivity contribution in [3.05, 3.63) is 40.6 Å². The summed E-state index contributed by atoms with van der Waals surface area (Å²) < 4.78 is 39.3. The summed E-state index contributed by atoms with van der Waals surface area (Å²) in [5.41, 5.74) is 6.80. The summed E-state index contributed by atoms with van der Waals surface area (Å²) in [5.74, 6) is -0.754. The Kier molecular flexibility index (Phi) is 3.60. The van der Waals surface area contributed by atoms with Crippen LogP contribution in [0.4, 0.5) is 10.1 Å². The molecule has 8 heteroatoms. The van der Waals surface area contributed by atoms with Crippen LogP contribution in [0.3, 0.4) is 0 Å². The van der Waals surface area contributed by atoms with Crippen LogP contribution >= 0.6 is 11.3 Å². The van der Waals surface area contributed by atoms with E-state index >= 15 is 0 Å². The van der Waals surface area contributed by atoms with Crippen LogP contribution < -0.4 is 10.5 Å². The highest BCUT2D eigenvalue weighted by Gasteiger charge is 2.15. The summed E-state index contributed by atoms with van der Waals surface area (Å²) >= 11 is 1.33. The second-order valence-electron chi connectivity index (χ2n) is 3.48. The topological polar surface area (TPSA) is 85.1 Å². The summed E-state index contributed by atoms with van der Waals surface area (Å²) in [6.45, 7) is 0.124. The van der Waals surface area contributed by atoms with Crippen molar-refractivity contribution in [1.29, 1.82) is 0 Å². The maximum Gasteiger partial charge on any atom is 0.241 e. The van der Waals surface area contributed by atoms with Crippen molar-refractivity contribution in [1.82, 2.24) is 9.71 Å². The first kappa shape index (κ1) is 12.9. The molecule has 0 aliphatic rings. The van der Waals surface area contributed by atoms with Gasteiger partial charge in [0, 0.05) is 17.6 Å². The molecular weight excluding hydrogens is 277 g/mol. The maximum absolute atomic E-state index is 13.2. The van der Waals surface area contributed by atoms with Gasteiger partial charge in [-0.1, -0.05) is 0 Å². The fraction of sp³-hybridized carbons (Fsp3) is 0.100. The first-order valence-electron chi connectivity index (χ1n) is 4.91. The standard InChI is InChI=1S/C10H10FN3O2S2/c11-9-3-8(1-2-10(9)12)18(15,16)14-5-7-4-13-6-17-7/h1-4,6,14H,5,12H2. The minimum atomic E-state index is -3.74. The molecule has 1 aromatic heterocycles. The predicted molar refractivity (Wildman–Crippen MR) is 67.0 cm³/mol. The molecule has 1 aromatic carbocycles. The van der Waals surface area contributed by atoms with E-state index in [1.165, 1.54) is 23.5 Å². The predicted octanol–water partition coefficient (Wildman–Crippen LogP) is 1.34. The number of nitrogens with two attached hydrogens (primary N) is 1. The van der Waals surface area contributed by atoms with E-state index in [1.807, 2.05) is 0 Å². The van der Waals surface area contributed by atoms with E-state index in [4.69, 9.17) is 5.73 Å². The van der Waals surface area contributed by atoms with Crippen molar-refractivity contribution >= 4 is 27.0 Å². The average molecular weight is 287 g/mol. The van der Waals surface area contributed by atoms with E-state index in [2.05, 4.69) is 9.71 Å². The van der Waals surface area contributed by atoms with Crippen molar-refractivity contribution in [2.75, 3.05) is 5.73 Å². The van der Waals surface area contributed by atoms with Gasteiger partial charge < -0.3 is 5.73 Å². The zero-order valence-corrected chi connectivity index (χ0v) is 10.8. The second-order valence-corrected chi connectivity index (χ2v) is 6.21. The number of nitrogen functional groups attached to an aromatic ring is 1. The lowest BCUT2D eigenvalue weighted by molar-refractivity contribution is 0.578. The SMILES string of the molecule is Nc1ccc(S(=O)(=O)NCc2cncs2)cc1F. The van der Waals surface area contributed by atoms with Crippen molar-refractivity contribution in [3.63, 3.8) is 0 Å². The molecule has 0 amide bonds. The number of rotatable bonds is 4. The Hall–Kier alpha value is -1.51. The van der Waals surface area contributed by atoms with E-state index in [-0.39, 0.29) is 17.1 Å². The van der Waals surface area contributed by atoms with Crippen LogP contribution in [0, 0.1) is 5.82 Å². The molecule has 18 heavy (non-hydrogen) atoms. The molecule has 0 unspecified atom stereocenters. The lowest BCUT2D eigenvalue weighted by Crippen LogP contribution is -2.23. The van der Waals surface area contributed by atoms with Crippen LogP contribution in [0.5, 0.6) is 0 Å². The highest BCUT2D eigenvalue weighted by Crippen LogP contribution is 2.16. The number of aromatic nitrogens is 1. The number of thiazole rings is 1. The van der Waals surface area contributed by atoms with Crippen molar-refractivity contribution in [2.24, 2.45) is 0 Å². The molecule has 0 saturated heterocycles. The average Bonchev–Trinajstić information content (AvgIpc) is 2.83. The second kappa shape index (κ2) is 5.01. The van der Waals surface area contributed by atoms with Crippen LogP contribution in [0.25, 0.3) is 0 Å². The molecule has 0 saturated carbocycles. The van der Waals surface area contributed by atoms with Crippen LogP contribution in [0.15, 0.2) is 34.8 Å². The van der Waals surface area contributed by atoms with Gasteiger partial charge in [-0.15, -0.1) is 11.3 Å². The van der Waals surface area contributed by atoms with Crippen molar-refractivity contribution < 1.29 is 12.8 Å². The number of benzene rings is 1. The molecule has 2 rings (SSSR count). The smallest absolute Gasteiger partial charge is 0.241 e. The summed E-state index contributed by atoms with van der Waals surface area (Å²) in [4.78, 5) is 4.45. The Labute approximate surface area is 108 Å². The Morgan fingerprint density at radius 3 is 2.83 bits per heavy atom. The maximum atomic E-state index is 13.2. The lowest BCUT2D eigenvalue weighted by Gasteiger charge is -2.06. The van der Waals surface area contributed by atoms with Crippen LogP contribution in [0.1, 0.15) is 4.88 Å². The zero-order valence-electron chi connectivity index (χ0n) is 9.13. The Balaban J connectivity index is 2.17. The van der Waals surface area contributed by atoms with E-state index in [1.54, 1.807) is 11.7 Å². The Morgan fingerprint density at radius 2 is 2.22 bits per heavy atom. The lowest BCUT2D eigenvalue weighted by atomic mass is 10.3. The number of hydrogen-bond acceptors (Lipinski definition) is 5. The van der Waals surface area contributed by atoms with Gasteiger partial charge in [-0.05, 0) is 18.2 Å². The number of sulfonamides is 1. The zero-order chi connectivity index (χ0) is 13.2. The third-order valence-corrected chi connectivity index (χ3v) is 4.38. The molecule has 0 radical (unpaired) electrons. The van der Waals surface area contributed by atoms with Gasteiger partial charge in [-0.25, -0.2) is 17.5 Å². The minimum Gasteiger partial charge on any atom is -0.396 e. The van der Waals surface area contributed by atoms with Crippen LogP contribution in [0.2, 0.25) is 0 Å².